The van der Waals surface area contributed by atoms with Gasteiger partial charge >= 0.3 is 0 Å². The van der Waals surface area contributed by atoms with Gasteiger partial charge in [0.05, 0.1) is 11.0 Å². The highest BCUT2D eigenvalue weighted by atomic mass is 32.1. The van der Waals surface area contributed by atoms with Crippen LogP contribution in [0.3, 0.4) is 0 Å². The summed E-state index contributed by atoms with van der Waals surface area (Å²) in [6.45, 7) is 10.4. The predicted octanol–water partition coefficient (Wildman–Crippen LogP) is 4.34. The van der Waals surface area contributed by atoms with Gasteiger partial charge in [-0.05, 0) is 32.4 Å². The van der Waals surface area contributed by atoms with Crippen molar-refractivity contribution in [2.24, 2.45) is 0 Å². The molecule has 2 aromatic rings. The quantitative estimate of drug-likeness (QED) is 0.894. The molecule has 130 valence electrons. The van der Waals surface area contributed by atoms with E-state index in [9.17, 15) is 4.79 Å². The molecule has 6 heteroatoms. The van der Waals surface area contributed by atoms with Crippen molar-refractivity contribution in [3.63, 3.8) is 0 Å². The highest BCUT2D eigenvalue weighted by molar-refractivity contribution is 7.16. The molecule has 2 aromatic heterocycles. The first-order valence-corrected chi connectivity index (χ1v) is 9.19. The first-order valence-electron chi connectivity index (χ1n) is 8.38. The molecule has 0 saturated carbocycles. The maximum Gasteiger partial charge on any atom is 0.228 e. The van der Waals surface area contributed by atoms with Crippen LogP contribution in [0.5, 0.6) is 0 Å². The number of carbonyl (C=O) groups excluding carboxylic acids is 1. The van der Waals surface area contributed by atoms with Crippen LogP contribution in [-0.4, -0.2) is 23.1 Å². The molecule has 0 unspecified atom stereocenters. The number of anilines is 2. The Hall–Kier alpha value is -1.82. The van der Waals surface area contributed by atoms with Crippen molar-refractivity contribution in [3.8, 4) is 0 Å². The van der Waals surface area contributed by atoms with Gasteiger partial charge in [0.15, 0.2) is 5.82 Å². The van der Waals surface area contributed by atoms with Gasteiger partial charge in [-0.1, -0.05) is 25.9 Å². The molecule has 1 amide bonds. The molecule has 0 aromatic carbocycles. The number of hydrogen-bond acceptors (Lipinski definition) is 5. The first-order chi connectivity index (χ1) is 11.3. The van der Waals surface area contributed by atoms with E-state index in [1.54, 1.807) is 11.3 Å². The van der Waals surface area contributed by atoms with Gasteiger partial charge in [0.1, 0.15) is 5.76 Å². The number of hydrogen-bond donors (Lipinski definition) is 1. The fourth-order valence-corrected chi connectivity index (χ4v) is 3.98. The van der Waals surface area contributed by atoms with Crippen molar-refractivity contribution < 1.29 is 9.32 Å². The van der Waals surface area contributed by atoms with Gasteiger partial charge in [0.2, 0.25) is 5.91 Å². The van der Waals surface area contributed by atoms with Gasteiger partial charge in [-0.2, -0.15) is 0 Å². The van der Waals surface area contributed by atoms with E-state index >= 15 is 0 Å². The Morgan fingerprint density at radius 2 is 2.17 bits per heavy atom. The Kier molecular flexibility index (Phi) is 4.42. The number of carbonyl (C=O) groups is 1. The summed E-state index contributed by atoms with van der Waals surface area (Å²) in [6.07, 6.45) is 1.45. The fraction of sp³-hybridized carbons (Fsp3) is 0.556. The molecule has 1 N–H and O–H groups in total. The molecule has 24 heavy (non-hydrogen) atoms. The molecule has 0 spiro atoms. The van der Waals surface area contributed by atoms with E-state index in [2.05, 4.69) is 51.2 Å². The number of nitrogens with zero attached hydrogens (tertiary/aromatic N) is 2. The van der Waals surface area contributed by atoms with E-state index in [0.717, 1.165) is 23.0 Å². The minimum atomic E-state index is -0.0694. The van der Waals surface area contributed by atoms with Gasteiger partial charge in [-0.15, -0.1) is 11.3 Å². The molecule has 1 aliphatic heterocycles. The Balaban J connectivity index is 1.75. The maximum atomic E-state index is 12.4. The molecule has 5 nitrogen and oxygen atoms in total. The second-order valence-corrected chi connectivity index (χ2v) is 8.78. The lowest BCUT2D eigenvalue weighted by atomic mass is 9.93. The summed E-state index contributed by atoms with van der Waals surface area (Å²) in [6, 6.07) is 6.28. The zero-order valence-corrected chi connectivity index (χ0v) is 15.7. The third kappa shape index (κ3) is 3.34. The number of nitrogens with one attached hydrogen (secondary N) is 1. The van der Waals surface area contributed by atoms with Gasteiger partial charge in [0, 0.05) is 28.8 Å². The third-order valence-electron chi connectivity index (χ3n) is 4.42. The van der Waals surface area contributed by atoms with Crippen LogP contribution in [0.25, 0.3) is 0 Å². The summed E-state index contributed by atoms with van der Waals surface area (Å²) < 4.78 is 5.44. The van der Waals surface area contributed by atoms with Crippen LogP contribution >= 0.6 is 11.3 Å². The van der Waals surface area contributed by atoms with Crippen LogP contribution in [0.2, 0.25) is 0 Å². The third-order valence-corrected chi connectivity index (χ3v) is 5.42. The highest BCUT2D eigenvalue weighted by Crippen LogP contribution is 2.34. The highest BCUT2D eigenvalue weighted by Gasteiger charge is 2.36. The van der Waals surface area contributed by atoms with E-state index in [4.69, 9.17) is 4.52 Å². The molecule has 0 bridgehead atoms. The van der Waals surface area contributed by atoms with Crippen molar-refractivity contribution >= 4 is 28.1 Å². The molecule has 0 aliphatic carbocycles. The number of aromatic nitrogens is 1. The number of amides is 1. The Morgan fingerprint density at radius 3 is 2.75 bits per heavy atom. The summed E-state index contributed by atoms with van der Waals surface area (Å²) in [5.74, 6) is 1.78. The van der Waals surface area contributed by atoms with Crippen LogP contribution < -0.4 is 10.2 Å². The van der Waals surface area contributed by atoms with E-state index in [1.165, 1.54) is 4.88 Å². The van der Waals surface area contributed by atoms with E-state index in [1.807, 2.05) is 17.0 Å². The molecule has 1 saturated heterocycles. The lowest BCUT2D eigenvalue weighted by Gasteiger charge is -2.29. The first kappa shape index (κ1) is 17.0. The van der Waals surface area contributed by atoms with Crippen molar-refractivity contribution in [1.82, 2.24) is 5.16 Å². The summed E-state index contributed by atoms with van der Waals surface area (Å²) in [4.78, 5) is 15.5. The van der Waals surface area contributed by atoms with Crippen LogP contribution in [0.15, 0.2) is 22.7 Å². The largest absolute Gasteiger partial charge is 0.363 e. The van der Waals surface area contributed by atoms with Crippen LogP contribution in [0, 0.1) is 6.92 Å². The van der Waals surface area contributed by atoms with Crippen molar-refractivity contribution in [2.75, 3.05) is 10.2 Å². The lowest BCUT2D eigenvalue weighted by Crippen LogP contribution is -2.43. The van der Waals surface area contributed by atoms with Crippen LogP contribution in [0.4, 0.5) is 10.8 Å². The molecule has 1 aliphatic rings. The maximum absolute atomic E-state index is 12.4. The molecule has 1 fully saturated rings. The minimum absolute atomic E-state index is 0.0694. The van der Waals surface area contributed by atoms with Crippen molar-refractivity contribution in [1.29, 1.82) is 0 Å². The average molecular weight is 347 g/mol. The second kappa shape index (κ2) is 6.24. The van der Waals surface area contributed by atoms with Crippen LogP contribution in [0.1, 0.15) is 51.2 Å². The van der Waals surface area contributed by atoms with Crippen molar-refractivity contribution in [3.05, 3.63) is 28.8 Å². The summed E-state index contributed by atoms with van der Waals surface area (Å²) in [5, 5.41) is 8.57. The zero-order valence-electron chi connectivity index (χ0n) is 14.9. The van der Waals surface area contributed by atoms with E-state index < -0.39 is 0 Å². The van der Waals surface area contributed by atoms with Crippen molar-refractivity contribution in [2.45, 2.75) is 65.0 Å². The minimum Gasteiger partial charge on any atom is -0.363 e. The van der Waals surface area contributed by atoms with Gasteiger partial charge < -0.3 is 9.84 Å². The molecule has 2 atom stereocenters. The molecule has 0 radical (unpaired) electrons. The van der Waals surface area contributed by atoms with Gasteiger partial charge in [-0.25, -0.2) is 0 Å². The average Bonchev–Trinajstić information content (AvgIpc) is 3.18. The number of thiophene rings is 1. The predicted molar refractivity (Wildman–Crippen MR) is 97.9 cm³/mol. The standard InChI is InChI=1S/C18H25N3O2S/c1-11-6-9-17(24-11)21-13(7-8-16(21)22)12(2)19-15-10-14(23-20-15)18(3,4)5/h6,9-10,12-13H,7-8H2,1-5H3,(H,19,20)/t12-,13+/m1/s1. The Bertz CT molecular complexity index is 729. The van der Waals surface area contributed by atoms with E-state index in [0.29, 0.717) is 6.42 Å². The Morgan fingerprint density at radius 1 is 1.42 bits per heavy atom. The Labute approximate surface area is 147 Å². The van der Waals surface area contributed by atoms with Gasteiger partial charge in [-0.3, -0.25) is 9.69 Å². The summed E-state index contributed by atoms with van der Waals surface area (Å²) >= 11 is 1.67. The monoisotopic (exact) mass is 347 g/mol. The topological polar surface area (TPSA) is 58.4 Å². The SMILES string of the molecule is Cc1ccc(N2C(=O)CC[C@H]2[C@@H](C)Nc2cc(C(C)(C)C)on2)s1. The molecule has 3 heterocycles. The summed E-state index contributed by atoms with van der Waals surface area (Å²) in [7, 11) is 0. The second-order valence-electron chi connectivity index (χ2n) is 7.51. The molecular weight excluding hydrogens is 322 g/mol. The smallest absolute Gasteiger partial charge is 0.228 e. The number of rotatable bonds is 4. The zero-order chi connectivity index (χ0) is 17.5. The molecular formula is C18H25N3O2S. The lowest BCUT2D eigenvalue weighted by molar-refractivity contribution is -0.117. The molecule has 3 rings (SSSR count). The normalized spacial score (nSPS) is 19.8. The van der Waals surface area contributed by atoms with E-state index in [-0.39, 0.29) is 23.4 Å². The van der Waals surface area contributed by atoms with Gasteiger partial charge in [0.25, 0.3) is 0 Å². The summed E-state index contributed by atoms with van der Waals surface area (Å²) in [5.41, 5.74) is -0.0694. The number of aryl methyl sites for hydroxylation is 1. The van der Waals surface area contributed by atoms with Crippen LogP contribution in [-0.2, 0) is 10.2 Å². The fourth-order valence-electron chi connectivity index (χ4n) is 3.04.